The maximum Gasteiger partial charge on any atom is 0.261 e. The highest BCUT2D eigenvalue weighted by molar-refractivity contribution is 6.35. The van der Waals surface area contributed by atoms with Gasteiger partial charge in [0.15, 0.2) is 6.61 Å². The molecule has 0 heterocycles. The number of nitrogens with zero attached hydrogens (tertiary/aromatic N) is 1. The second-order valence-electron chi connectivity index (χ2n) is 10.0. The Hall–Kier alpha value is -3.02. The monoisotopic (exact) mass is 552 g/mol. The Kier molecular flexibility index (Phi) is 9.70. The molecule has 0 radical (unpaired) electrons. The number of rotatable bonds is 10. The molecule has 1 N–H and O–H groups in total. The van der Waals surface area contributed by atoms with Crippen molar-refractivity contribution in [2.45, 2.75) is 64.6 Å². The summed E-state index contributed by atoms with van der Waals surface area (Å²) >= 11 is 12.6. The average Bonchev–Trinajstić information content (AvgIpc) is 3.40. The van der Waals surface area contributed by atoms with Gasteiger partial charge in [0.25, 0.3) is 5.91 Å². The molecule has 38 heavy (non-hydrogen) atoms. The number of ether oxygens (including phenoxy) is 1. The molecule has 7 heteroatoms. The van der Waals surface area contributed by atoms with E-state index in [0.717, 1.165) is 42.4 Å². The predicted octanol–water partition coefficient (Wildman–Crippen LogP) is 6.69. The molecule has 0 saturated heterocycles. The third-order valence-corrected chi connectivity index (χ3v) is 7.60. The van der Waals surface area contributed by atoms with Crippen LogP contribution in [0.15, 0.2) is 66.7 Å². The molecule has 200 valence electrons. The molecule has 1 fully saturated rings. The number of aryl methyl sites for hydroxylation is 2. The van der Waals surface area contributed by atoms with Crippen LogP contribution in [0.5, 0.6) is 5.75 Å². The highest BCUT2D eigenvalue weighted by atomic mass is 35.5. The number of carbonyl (C=O) groups excluding carboxylic acids is 2. The summed E-state index contributed by atoms with van der Waals surface area (Å²) in [4.78, 5) is 29.1. The van der Waals surface area contributed by atoms with Crippen LogP contribution in [0.3, 0.4) is 0 Å². The quantitative estimate of drug-likeness (QED) is 0.305. The van der Waals surface area contributed by atoms with Gasteiger partial charge >= 0.3 is 0 Å². The normalized spacial score (nSPS) is 14.2. The Labute approximate surface area is 235 Å². The summed E-state index contributed by atoms with van der Waals surface area (Å²) in [6.07, 6.45) is 4.48. The molecule has 3 aromatic carbocycles. The van der Waals surface area contributed by atoms with Gasteiger partial charge in [0.1, 0.15) is 11.8 Å². The minimum Gasteiger partial charge on any atom is -0.483 e. The van der Waals surface area contributed by atoms with E-state index in [1.807, 2.05) is 62.4 Å². The van der Waals surface area contributed by atoms with E-state index in [9.17, 15) is 9.59 Å². The van der Waals surface area contributed by atoms with Gasteiger partial charge in [-0.1, -0.05) is 90.1 Å². The van der Waals surface area contributed by atoms with Crippen LogP contribution in [0.2, 0.25) is 10.0 Å². The molecule has 5 nitrogen and oxygen atoms in total. The summed E-state index contributed by atoms with van der Waals surface area (Å²) in [7, 11) is 0. The lowest BCUT2D eigenvalue weighted by atomic mass is 10.0. The van der Waals surface area contributed by atoms with Gasteiger partial charge in [0, 0.05) is 29.1 Å². The molecule has 3 aromatic rings. The van der Waals surface area contributed by atoms with Crippen LogP contribution in [0.25, 0.3) is 0 Å². The number of halogens is 2. The van der Waals surface area contributed by atoms with Crippen molar-refractivity contribution in [2.75, 3.05) is 6.61 Å². The molecule has 4 rings (SSSR count). The average molecular weight is 554 g/mol. The second-order valence-corrected chi connectivity index (χ2v) is 10.9. The Morgan fingerprint density at radius 2 is 1.74 bits per heavy atom. The van der Waals surface area contributed by atoms with Crippen LogP contribution >= 0.6 is 23.2 Å². The van der Waals surface area contributed by atoms with E-state index in [0.29, 0.717) is 27.8 Å². The van der Waals surface area contributed by atoms with Crippen molar-refractivity contribution in [3.63, 3.8) is 0 Å². The maximum atomic E-state index is 13.8. The third kappa shape index (κ3) is 7.52. The third-order valence-electron chi connectivity index (χ3n) is 7.01. The van der Waals surface area contributed by atoms with E-state index in [4.69, 9.17) is 27.9 Å². The highest BCUT2D eigenvalue weighted by Crippen LogP contribution is 2.25. The standard InChI is InChI=1S/C31H34Cl2N2O3/c1-21-12-15-29(22(2)16-21)38-20-30(36)35(19-24-13-14-25(32)18-27(24)33)28(17-23-8-4-3-5-9-23)31(37)34-26-10-6-7-11-26/h3-5,8-9,12-16,18,26,28H,6-7,10-11,17,19-20H2,1-2H3,(H,34,37). The largest absolute Gasteiger partial charge is 0.483 e. The fourth-order valence-corrected chi connectivity index (χ4v) is 5.41. The topological polar surface area (TPSA) is 58.6 Å². The summed E-state index contributed by atoms with van der Waals surface area (Å²) in [6.45, 7) is 3.92. The van der Waals surface area contributed by atoms with E-state index in [1.165, 1.54) is 0 Å². The fraction of sp³-hybridized carbons (Fsp3) is 0.355. The van der Waals surface area contributed by atoms with Crippen molar-refractivity contribution in [2.24, 2.45) is 0 Å². The predicted molar refractivity (Wildman–Crippen MR) is 153 cm³/mol. The van der Waals surface area contributed by atoms with Crippen LogP contribution < -0.4 is 10.1 Å². The smallest absolute Gasteiger partial charge is 0.261 e. The Bertz CT molecular complexity index is 1260. The van der Waals surface area contributed by atoms with Crippen LogP contribution in [-0.2, 0) is 22.6 Å². The molecule has 0 aromatic heterocycles. The molecule has 2 amide bonds. The van der Waals surface area contributed by atoms with Gasteiger partial charge in [-0.05, 0) is 61.6 Å². The van der Waals surface area contributed by atoms with Crippen molar-refractivity contribution in [1.29, 1.82) is 0 Å². The van der Waals surface area contributed by atoms with Gasteiger partial charge in [-0.3, -0.25) is 9.59 Å². The van der Waals surface area contributed by atoms with Crippen molar-refractivity contribution < 1.29 is 14.3 Å². The van der Waals surface area contributed by atoms with E-state index in [-0.39, 0.29) is 31.0 Å². The summed E-state index contributed by atoms with van der Waals surface area (Å²) in [5, 5.41) is 4.16. The van der Waals surface area contributed by atoms with Gasteiger partial charge in [0.2, 0.25) is 5.91 Å². The minimum atomic E-state index is -0.736. The highest BCUT2D eigenvalue weighted by Gasteiger charge is 2.32. The molecule has 1 unspecified atom stereocenters. The van der Waals surface area contributed by atoms with E-state index in [2.05, 4.69) is 5.32 Å². The number of hydrogen-bond donors (Lipinski definition) is 1. The molecular formula is C31H34Cl2N2O3. The number of carbonyl (C=O) groups is 2. The van der Waals surface area contributed by atoms with Crippen LogP contribution in [0.1, 0.15) is 47.9 Å². The van der Waals surface area contributed by atoms with Crippen molar-refractivity contribution in [1.82, 2.24) is 10.2 Å². The van der Waals surface area contributed by atoms with Crippen LogP contribution in [0.4, 0.5) is 0 Å². The SMILES string of the molecule is Cc1ccc(OCC(=O)N(Cc2ccc(Cl)cc2Cl)C(Cc2ccccc2)C(=O)NC2CCCC2)c(C)c1. The molecular weight excluding hydrogens is 519 g/mol. The van der Waals surface area contributed by atoms with Gasteiger partial charge < -0.3 is 15.0 Å². The molecule has 0 spiro atoms. The lowest BCUT2D eigenvalue weighted by Gasteiger charge is -2.32. The molecule has 0 bridgehead atoms. The van der Waals surface area contributed by atoms with Crippen LogP contribution in [-0.4, -0.2) is 35.4 Å². The zero-order chi connectivity index (χ0) is 27.1. The van der Waals surface area contributed by atoms with Gasteiger partial charge in [-0.2, -0.15) is 0 Å². The summed E-state index contributed by atoms with van der Waals surface area (Å²) < 4.78 is 5.96. The van der Waals surface area contributed by atoms with E-state index in [1.54, 1.807) is 23.1 Å². The summed E-state index contributed by atoms with van der Waals surface area (Å²) in [5.41, 5.74) is 3.74. The van der Waals surface area contributed by atoms with E-state index < -0.39 is 6.04 Å². The van der Waals surface area contributed by atoms with Crippen molar-refractivity contribution >= 4 is 35.0 Å². The lowest BCUT2D eigenvalue weighted by molar-refractivity contribution is -0.143. The molecule has 1 aliphatic rings. The molecule has 1 atom stereocenters. The Morgan fingerprint density at radius 1 is 1.00 bits per heavy atom. The summed E-state index contributed by atoms with van der Waals surface area (Å²) in [5.74, 6) is 0.188. The maximum absolute atomic E-state index is 13.8. The molecule has 1 saturated carbocycles. The molecule has 0 aliphatic heterocycles. The number of nitrogens with one attached hydrogen (secondary N) is 1. The first-order valence-corrected chi connectivity index (χ1v) is 13.8. The number of amides is 2. The zero-order valence-corrected chi connectivity index (χ0v) is 23.4. The van der Waals surface area contributed by atoms with Crippen molar-refractivity contribution in [3.05, 3.63) is 99.0 Å². The zero-order valence-electron chi connectivity index (χ0n) is 21.9. The second kappa shape index (κ2) is 13.2. The van der Waals surface area contributed by atoms with Gasteiger partial charge in [-0.25, -0.2) is 0 Å². The summed E-state index contributed by atoms with van der Waals surface area (Å²) in [6, 6.07) is 20.2. The van der Waals surface area contributed by atoms with Crippen LogP contribution in [0, 0.1) is 13.8 Å². The minimum absolute atomic E-state index is 0.128. The van der Waals surface area contributed by atoms with Crippen molar-refractivity contribution in [3.8, 4) is 5.75 Å². The van der Waals surface area contributed by atoms with Gasteiger partial charge in [0.05, 0.1) is 0 Å². The first-order valence-electron chi connectivity index (χ1n) is 13.1. The van der Waals surface area contributed by atoms with Gasteiger partial charge in [-0.15, -0.1) is 0 Å². The fourth-order valence-electron chi connectivity index (χ4n) is 4.94. The van der Waals surface area contributed by atoms with E-state index >= 15 is 0 Å². The number of benzene rings is 3. The Balaban J connectivity index is 1.64. The number of hydrogen-bond acceptors (Lipinski definition) is 3. The Morgan fingerprint density at radius 3 is 2.42 bits per heavy atom. The first kappa shape index (κ1) is 28.0. The first-order chi connectivity index (χ1) is 18.3. The lowest BCUT2D eigenvalue weighted by Crippen LogP contribution is -2.53. The molecule has 1 aliphatic carbocycles.